The van der Waals surface area contributed by atoms with Gasteiger partial charge < -0.3 is 14.8 Å². The minimum absolute atomic E-state index is 0.196. The summed E-state index contributed by atoms with van der Waals surface area (Å²) in [5.41, 5.74) is 2.01. The number of thiophene rings is 1. The van der Waals surface area contributed by atoms with E-state index < -0.39 is 0 Å². The van der Waals surface area contributed by atoms with E-state index in [1.54, 1.807) is 31.2 Å². The molecule has 0 aliphatic carbocycles. The lowest BCUT2D eigenvalue weighted by atomic mass is 10.2. The van der Waals surface area contributed by atoms with E-state index in [0.29, 0.717) is 27.7 Å². The van der Waals surface area contributed by atoms with Crippen LogP contribution in [0.2, 0.25) is 0 Å². The van der Waals surface area contributed by atoms with E-state index in [9.17, 15) is 9.59 Å². The zero-order valence-corrected chi connectivity index (χ0v) is 16.9. The summed E-state index contributed by atoms with van der Waals surface area (Å²) in [4.78, 5) is 33.9. The van der Waals surface area contributed by atoms with E-state index in [0.717, 1.165) is 16.6 Å². The number of hydrogen-bond donors (Lipinski definition) is 1. The first-order chi connectivity index (χ1) is 13.4. The Balaban J connectivity index is 1.90. The molecule has 0 atom stereocenters. The SMILES string of the molecule is CCOC(=O)c1ccc(Nc2ncnc3sc(C(=O)OC(C)C)c(C)c23)cc1. The molecule has 1 aromatic carbocycles. The molecule has 0 amide bonds. The van der Waals surface area contributed by atoms with Crippen molar-refractivity contribution in [2.45, 2.75) is 33.8 Å². The Morgan fingerprint density at radius 2 is 1.86 bits per heavy atom. The molecule has 8 heteroatoms. The van der Waals surface area contributed by atoms with Gasteiger partial charge in [-0.25, -0.2) is 19.6 Å². The second kappa shape index (κ2) is 8.35. The normalized spacial score (nSPS) is 10.9. The predicted octanol–water partition coefficient (Wildman–Crippen LogP) is 4.49. The van der Waals surface area contributed by atoms with E-state index >= 15 is 0 Å². The summed E-state index contributed by atoms with van der Waals surface area (Å²) in [5.74, 6) is -0.132. The van der Waals surface area contributed by atoms with Gasteiger partial charge in [-0.2, -0.15) is 0 Å². The molecule has 0 saturated heterocycles. The van der Waals surface area contributed by atoms with Gasteiger partial charge >= 0.3 is 11.9 Å². The molecule has 0 saturated carbocycles. The Bertz CT molecular complexity index is 1010. The van der Waals surface area contributed by atoms with Crippen molar-refractivity contribution in [1.82, 2.24) is 9.97 Å². The van der Waals surface area contributed by atoms with Gasteiger partial charge in [0.1, 0.15) is 21.9 Å². The van der Waals surface area contributed by atoms with Crippen molar-refractivity contribution in [3.8, 4) is 0 Å². The molecule has 0 spiro atoms. The Morgan fingerprint density at radius 1 is 1.14 bits per heavy atom. The number of esters is 2. The van der Waals surface area contributed by atoms with E-state index in [-0.39, 0.29) is 18.0 Å². The van der Waals surface area contributed by atoms with Gasteiger partial charge in [-0.1, -0.05) is 0 Å². The molecule has 0 bridgehead atoms. The number of ether oxygens (including phenoxy) is 2. The third-order valence-corrected chi connectivity index (χ3v) is 5.09. The molecule has 0 aliphatic heterocycles. The number of rotatable bonds is 6. The molecule has 0 fully saturated rings. The zero-order valence-electron chi connectivity index (χ0n) is 16.1. The third-order valence-electron chi connectivity index (χ3n) is 3.91. The summed E-state index contributed by atoms with van der Waals surface area (Å²) in [5, 5.41) is 4.01. The maximum absolute atomic E-state index is 12.3. The van der Waals surface area contributed by atoms with Gasteiger partial charge in [0, 0.05) is 5.69 Å². The second-order valence-electron chi connectivity index (χ2n) is 6.34. The summed E-state index contributed by atoms with van der Waals surface area (Å²) < 4.78 is 10.3. The highest BCUT2D eigenvalue weighted by Crippen LogP contribution is 2.35. The van der Waals surface area contributed by atoms with Crippen LogP contribution in [0, 0.1) is 6.92 Å². The minimum Gasteiger partial charge on any atom is -0.462 e. The largest absolute Gasteiger partial charge is 0.462 e. The number of aromatic nitrogens is 2. The average molecular weight is 399 g/mol. The lowest BCUT2D eigenvalue weighted by molar-refractivity contribution is 0.0382. The Morgan fingerprint density at radius 3 is 2.50 bits per heavy atom. The Kier molecular flexibility index (Phi) is 5.89. The topological polar surface area (TPSA) is 90.4 Å². The molecule has 3 aromatic rings. The van der Waals surface area contributed by atoms with Crippen LogP contribution < -0.4 is 5.32 Å². The number of nitrogens with one attached hydrogen (secondary N) is 1. The van der Waals surface area contributed by atoms with E-state index in [2.05, 4.69) is 15.3 Å². The number of benzene rings is 1. The fraction of sp³-hybridized carbons (Fsp3) is 0.300. The van der Waals surface area contributed by atoms with Crippen molar-refractivity contribution in [3.05, 3.63) is 46.6 Å². The molecule has 0 aliphatic rings. The Labute approximate surface area is 166 Å². The quantitative estimate of drug-likeness (QED) is 0.611. The maximum Gasteiger partial charge on any atom is 0.348 e. The van der Waals surface area contributed by atoms with Gasteiger partial charge in [-0.05, 0) is 57.5 Å². The molecule has 3 rings (SSSR count). The molecule has 28 heavy (non-hydrogen) atoms. The van der Waals surface area contributed by atoms with Crippen LogP contribution in [0.3, 0.4) is 0 Å². The van der Waals surface area contributed by atoms with Gasteiger partial charge in [0.25, 0.3) is 0 Å². The summed E-state index contributed by atoms with van der Waals surface area (Å²) in [6, 6.07) is 6.92. The van der Waals surface area contributed by atoms with Crippen LogP contribution in [0.1, 0.15) is 46.4 Å². The maximum atomic E-state index is 12.3. The second-order valence-corrected chi connectivity index (χ2v) is 7.33. The van der Waals surface area contributed by atoms with Gasteiger partial charge in [0.05, 0.1) is 23.7 Å². The molecule has 0 unspecified atom stereocenters. The van der Waals surface area contributed by atoms with Crippen LogP contribution in [0.5, 0.6) is 0 Å². The van der Waals surface area contributed by atoms with Crippen molar-refractivity contribution >= 4 is 45.0 Å². The van der Waals surface area contributed by atoms with E-state index in [1.807, 2.05) is 20.8 Å². The number of nitrogens with zero attached hydrogens (tertiary/aromatic N) is 2. The summed E-state index contributed by atoms with van der Waals surface area (Å²) in [6.07, 6.45) is 1.25. The highest BCUT2D eigenvalue weighted by molar-refractivity contribution is 7.20. The number of aryl methyl sites for hydroxylation is 1. The highest BCUT2D eigenvalue weighted by atomic mass is 32.1. The first-order valence-corrected chi connectivity index (χ1v) is 9.71. The molecular formula is C20H21N3O4S. The third kappa shape index (κ3) is 4.12. The van der Waals surface area contributed by atoms with Crippen LogP contribution >= 0.6 is 11.3 Å². The standard InChI is InChI=1S/C20H21N3O4S/c1-5-26-19(24)13-6-8-14(9-7-13)23-17-15-12(4)16(20(25)27-11(2)3)28-18(15)22-10-21-17/h6-11H,5H2,1-4H3,(H,21,22,23). The van der Waals surface area contributed by atoms with Crippen LogP contribution in [0.4, 0.5) is 11.5 Å². The van der Waals surface area contributed by atoms with Gasteiger partial charge in [0.15, 0.2) is 0 Å². The molecule has 7 nitrogen and oxygen atoms in total. The summed E-state index contributed by atoms with van der Waals surface area (Å²) in [6.45, 7) is 7.58. The number of carbonyl (C=O) groups is 2. The Hall–Kier alpha value is -3.00. The van der Waals surface area contributed by atoms with E-state index in [1.165, 1.54) is 17.7 Å². The molecule has 2 heterocycles. The fourth-order valence-corrected chi connectivity index (χ4v) is 3.70. The van der Waals surface area contributed by atoms with Gasteiger partial charge in [-0.15, -0.1) is 11.3 Å². The molecule has 146 valence electrons. The molecule has 0 radical (unpaired) electrons. The van der Waals surface area contributed by atoms with Crippen molar-refractivity contribution in [2.75, 3.05) is 11.9 Å². The van der Waals surface area contributed by atoms with Gasteiger partial charge in [0.2, 0.25) is 0 Å². The summed E-state index contributed by atoms with van der Waals surface area (Å²) >= 11 is 1.28. The number of hydrogen-bond acceptors (Lipinski definition) is 8. The minimum atomic E-state index is -0.361. The van der Waals surface area contributed by atoms with Crippen LogP contribution in [0.25, 0.3) is 10.2 Å². The highest BCUT2D eigenvalue weighted by Gasteiger charge is 2.21. The average Bonchev–Trinajstić information content (AvgIpc) is 3.00. The van der Waals surface area contributed by atoms with Crippen molar-refractivity contribution in [1.29, 1.82) is 0 Å². The number of fused-ring (bicyclic) bond motifs is 1. The predicted molar refractivity (Wildman–Crippen MR) is 108 cm³/mol. The zero-order chi connectivity index (χ0) is 20.3. The first-order valence-electron chi connectivity index (χ1n) is 8.90. The molecule has 2 aromatic heterocycles. The lowest BCUT2D eigenvalue weighted by Crippen LogP contribution is -2.11. The summed E-state index contributed by atoms with van der Waals surface area (Å²) in [7, 11) is 0. The van der Waals surface area contributed by atoms with Crippen LogP contribution in [-0.4, -0.2) is 34.6 Å². The number of carbonyl (C=O) groups excluding carboxylic acids is 2. The van der Waals surface area contributed by atoms with Crippen molar-refractivity contribution < 1.29 is 19.1 Å². The fourth-order valence-electron chi connectivity index (χ4n) is 2.67. The van der Waals surface area contributed by atoms with Crippen LogP contribution in [0.15, 0.2) is 30.6 Å². The monoisotopic (exact) mass is 399 g/mol. The molecular weight excluding hydrogens is 378 g/mol. The first kappa shape index (κ1) is 19.8. The van der Waals surface area contributed by atoms with Gasteiger partial charge in [-0.3, -0.25) is 0 Å². The lowest BCUT2D eigenvalue weighted by Gasteiger charge is -2.09. The van der Waals surface area contributed by atoms with E-state index in [4.69, 9.17) is 9.47 Å². The van der Waals surface area contributed by atoms with Crippen LogP contribution in [-0.2, 0) is 9.47 Å². The van der Waals surface area contributed by atoms with Crippen molar-refractivity contribution in [2.24, 2.45) is 0 Å². The smallest absolute Gasteiger partial charge is 0.348 e. The molecule has 1 N–H and O–H groups in total. The number of anilines is 2. The van der Waals surface area contributed by atoms with Crippen molar-refractivity contribution in [3.63, 3.8) is 0 Å².